The molecule has 0 saturated heterocycles. The van der Waals surface area contributed by atoms with Crippen LogP contribution in [0, 0.1) is 5.92 Å². The molecule has 3 rings (SSSR count). The third-order valence-corrected chi connectivity index (χ3v) is 8.22. The predicted molar refractivity (Wildman–Crippen MR) is 133 cm³/mol. The normalized spacial score (nSPS) is 11.7. The molecule has 3 aromatic rings. The number of aromatic nitrogens is 2. The monoisotopic (exact) mass is 488 g/mol. The lowest BCUT2D eigenvalue weighted by Crippen LogP contribution is -2.40. The van der Waals surface area contributed by atoms with Crippen molar-refractivity contribution in [1.82, 2.24) is 19.6 Å². The number of amides is 2. The smallest absolute Gasteiger partial charge is 0.331 e. The second kappa shape index (κ2) is 11.0. The van der Waals surface area contributed by atoms with Crippen LogP contribution in [-0.4, -0.2) is 42.9 Å². The van der Waals surface area contributed by atoms with Crippen molar-refractivity contribution < 1.29 is 13.2 Å². The Kier molecular flexibility index (Phi) is 8.31. The molecule has 0 aliphatic heterocycles. The van der Waals surface area contributed by atoms with Gasteiger partial charge in [-0.25, -0.2) is 22.9 Å². The van der Waals surface area contributed by atoms with E-state index in [0.29, 0.717) is 24.4 Å². The average Bonchev–Trinajstić information content (AvgIpc) is 3.42. The molecule has 33 heavy (non-hydrogen) atoms. The number of aromatic amines is 1. The first kappa shape index (κ1) is 25.0. The summed E-state index contributed by atoms with van der Waals surface area (Å²) in [5, 5.41) is 0. The number of imidazole rings is 1. The largest absolute Gasteiger partial charge is 0.348 e. The zero-order valence-electron chi connectivity index (χ0n) is 19.6. The van der Waals surface area contributed by atoms with Gasteiger partial charge < -0.3 is 9.88 Å². The van der Waals surface area contributed by atoms with E-state index >= 15 is 0 Å². The lowest BCUT2D eigenvalue weighted by atomic mass is 10.0. The molecule has 2 amide bonds. The first-order chi connectivity index (χ1) is 15.7. The van der Waals surface area contributed by atoms with Crippen LogP contribution in [0.3, 0.4) is 0 Å². The van der Waals surface area contributed by atoms with Gasteiger partial charge in [-0.15, -0.1) is 11.3 Å². The van der Waals surface area contributed by atoms with Crippen LogP contribution >= 0.6 is 11.3 Å². The van der Waals surface area contributed by atoms with Crippen LogP contribution in [-0.2, 0) is 22.9 Å². The number of nitrogens with zero attached hydrogens (tertiary/aromatic N) is 2. The first-order valence-electron chi connectivity index (χ1n) is 11.2. The van der Waals surface area contributed by atoms with Crippen LogP contribution in [0.5, 0.6) is 0 Å². The molecule has 0 aliphatic carbocycles. The van der Waals surface area contributed by atoms with E-state index in [9.17, 15) is 13.2 Å². The van der Waals surface area contributed by atoms with Crippen LogP contribution in [0.15, 0.2) is 46.9 Å². The van der Waals surface area contributed by atoms with Crippen LogP contribution in [0.2, 0.25) is 0 Å². The van der Waals surface area contributed by atoms with Gasteiger partial charge in [-0.1, -0.05) is 51.5 Å². The predicted octanol–water partition coefficient (Wildman–Crippen LogP) is 5.06. The molecule has 1 aromatic carbocycles. The van der Waals surface area contributed by atoms with Crippen molar-refractivity contribution in [3.63, 3.8) is 0 Å². The number of benzene rings is 1. The fourth-order valence-electron chi connectivity index (χ4n) is 3.45. The highest BCUT2D eigenvalue weighted by atomic mass is 32.2. The number of carbonyl (C=O) groups excluding carboxylic acids is 1. The average molecular weight is 489 g/mol. The van der Waals surface area contributed by atoms with E-state index in [4.69, 9.17) is 0 Å². The van der Waals surface area contributed by atoms with Gasteiger partial charge in [0, 0.05) is 42.8 Å². The number of carbonyl (C=O) groups is 1. The SMILES string of the molecule is CCCCN(C)C(=O)NS(=O)(=O)c1sc(CC(C)C)cc1-c1ccc(Cc2ncc[nH]2)cc1. The van der Waals surface area contributed by atoms with Crippen molar-refractivity contribution in [2.24, 2.45) is 5.92 Å². The maximum Gasteiger partial charge on any atom is 0.331 e. The van der Waals surface area contributed by atoms with Crippen molar-refractivity contribution in [2.45, 2.75) is 50.7 Å². The van der Waals surface area contributed by atoms with Crippen molar-refractivity contribution in [1.29, 1.82) is 0 Å². The summed E-state index contributed by atoms with van der Waals surface area (Å²) in [6, 6.07) is 9.13. The Morgan fingerprint density at radius 1 is 1.24 bits per heavy atom. The van der Waals surface area contributed by atoms with E-state index < -0.39 is 16.1 Å². The molecule has 0 unspecified atom stereocenters. The fourth-order valence-corrected chi connectivity index (χ4v) is 6.40. The third kappa shape index (κ3) is 6.68. The van der Waals surface area contributed by atoms with E-state index in [1.54, 1.807) is 19.4 Å². The maximum absolute atomic E-state index is 13.2. The highest BCUT2D eigenvalue weighted by molar-refractivity contribution is 7.92. The lowest BCUT2D eigenvalue weighted by molar-refractivity contribution is 0.214. The van der Waals surface area contributed by atoms with Crippen LogP contribution in [0.25, 0.3) is 11.1 Å². The molecule has 7 nitrogen and oxygen atoms in total. The van der Waals surface area contributed by atoms with E-state index in [-0.39, 0.29) is 4.21 Å². The summed E-state index contributed by atoms with van der Waals surface area (Å²) >= 11 is 1.23. The first-order valence-corrected chi connectivity index (χ1v) is 13.5. The molecule has 0 fully saturated rings. The molecule has 9 heteroatoms. The van der Waals surface area contributed by atoms with E-state index in [0.717, 1.165) is 41.1 Å². The number of sulfonamides is 1. The summed E-state index contributed by atoms with van der Waals surface area (Å²) in [7, 11) is -2.40. The van der Waals surface area contributed by atoms with Gasteiger partial charge in [0.1, 0.15) is 10.0 Å². The number of unbranched alkanes of at least 4 members (excludes halogenated alkanes) is 1. The molecule has 178 valence electrons. The Balaban J connectivity index is 1.89. The van der Waals surface area contributed by atoms with Crippen LogP contribution in [0.1, 0.15) is 49.9 Å². The highest BCUT2D eigenvalue weighted by Crippen LogP contribution is 2.36. The van der Waals surface area contributed by atoms with Crippen molar-refractivity contribution >= 4 is 27.4 Å². The molecular formula is C24H32N4O3S2. The molecule has 0 radical (unpaired) electrons. The Morgan fingerprint density at radius 3 is 2.58 bits per heavy atom. The summed E-state index contributed by atoms with van der Waals surface area (Å²) in [5.74, 6) is 1.26. The van der Waals surface area contributed by atoms with Gasteiger partial charge >= 0.3 is 6.03 Å². The van der Waals surface area contributed by atoms with Gasteiger partial charge in [-0.05, 0) is 36.0 Å². The summed E-state index contributed by atoms with van der Waals surface area (Å²) < 4.78 is 28.9. The number of rotatable bonds is 10. The number of thiophene rings is 1. The zero-order chi connectivity index (χ0) is 24.0. The molecule has 0 spiro atoms. The second-order valence-corrected chi connectivity index (χ2v) is 11.6. The molecule has 2 aromatic heterocycles. The van der Waals surface area contributed by atoms with Crippen molar-refractivity contribution in [3.8, 4) is 11.1 Å². The number of H-pyrrole nitrogens is 1. The summed E-state index contributed by atoms with van der Waals surface area (Å²) in [5.41, 5.74) is 2.50. The molecule has 2 heterocycles. The molecule has 0 atom stereocenters. The van der Waals surface area contributed by atoms with Gasteiger partial charge in [0.2, 0.25) is 0 Å². The number of urea groups is 1. The van der Waals surface area contributed by atoms with Crippen molar-refractivity contribution in [3.05, 3.63) is 59.0 Å². The van der Waals surface area contributed by atoms with E-state index in [1.807, 2.05) is 37.3 Å². The van der Waals surface area contributed by atoms with Crippen molar-refractivity contribution in [2.75, 3.05) is 13.6 Å². The lowest BCUT2D eigenvalue weighted by Gasteiger charge is -2.17. The standard InChI is InChI=1S/C24H32N4O3S2/c1-5-6-13-28(4)24(29)27-33(30,31)23-21(16-20(32-23)14-17(2)3)19-9-7-18(8-10-19)15-22-25-11-12-26-22/h7-12,16-17H,5-6,13-15H2,1-4H3,(H,25,26)(H,27,29). The van der Waals surface area contributed by atoms with Crippen LogP contribution < -0.4 is 4.72 Å². The maximum atomic E-state index is 13.2. The highest BCUT2D eigenvalue weighted by Gasteiger charge is 2.27. The number of nitrogens with one attached hydrogen (secondary N) is 2. The minimum atomic E-state index is -4.01. The summed E-state index contributed by atoms with van der Waals surface area (Å²) in [6.07, 6.45) is 6.69. The van der Waals surface area contributed by atoms with Gasteiger partial charge in [0.15, 0.2) is 0 Å². The fraction of sp³-hybridized carbons (Fsp3) is 0.417. The molecular weight excluding hydrogens is 456 g/mol. The third-order valence-electron chi connectivity index (χ3n) is 5.21. The Morgan fingerprint density at radius 2 is 1.97 bits per heavy atom. The Labute approximate surface area is 200 Å². The number of hydrogen-bond acceptors (Lipinski definition) is 5. The molecule has 2 N–H and O–H groups in total. The summed E-state index contributed by atoms with van der Waals surface area (Å²) in [6.45, 7) is 6.73. The molecule has 0 bridgehead atoms. The minimum absolute atomic E-state index is 0.175. The van der Waals surface area contributed by atoms with Gasteiger partial charge in [-0.2, -0.15) is 0 Å². The van der Waals surface area contributed by atoms with E-state index in [2.05, 4.69) is 28.5 Å². The Bertz CT molecular complexity index is 1150. The second-order valence-electron chi connectivity index (χ2n) is 8.61. The molecule has 0 aliphatic rings. The summed E-state index contributed by atoms with van der Waals surface area (Å²) in [4.78, 5) is 22.2. The molecule has 0 saturated carbocycles. The topological polar surface area (TPSA) is 95.2 Å². The van der Waals surface area contributed by atoms with E-state index in [1.165, 1.54) is 16.2 Å². The van der Waals surface area contributed by atoms with Gasteiger partial charge in [0.25, 0.3) is 10.0 Å². The van der Waals surface area contributed by atoms with Gasteiger partial charge in [-0.3, -0.25) is 0 Å². The quantitative estimate of drug-likeness (QED) is 0.417. The minimum Gasteiger partial charge on any atom is -0.348 e. The Hall–Kier alpha value is -2.65. The van der Waals surface area contributed by atoms with Gasteiger partial charge in [0.05, 0.1) is 0 Å². The zero-order valence-corrected chi connectivity index (χ0v) is 21.2. The number of hydrogen-bond donors (Lipinski definition) is 2. The van der Waals surface area contributed by atoms with Crippen LogP contribution in [0.4, 0.5) is 4.79 Å².